The normalized spacial score (nSPS) is 10.5. The molecule has 0 unspecified atom stereocenters. The fraction of sp³-hybridized carbons (Fsp3) is 0.318. The lowest BCUT2D eigenvalue weighted by molar-refractivity contribution is -0.120. The van der Waals surface area contributed by atoms with E-state index < -0.39 is 11.9 Å². The molecule has 0 atom stereocenters. The summed E-state index contributed by atoms with van der Waals surface area (Å²) in [4.78, 5) is 36.3. The maximum Gasteiger partial charge on any atom is 0.337 e. The summed E-state index contributed by atoms with van der Waals surface area (Å²) in [5.41, 5.74) is 1.12. The molecule has 2 aromatic carbocycles. The Kier molecular flexibility index (Phi) is 7.75. The summed E-state index contributed by atoms with van der Waals surface area (Å²) in [5.74, 6) is -1.65. The smallest absolute Gasteiger partial charge is 0.337 e. The van der Waals surface area contributed by atoms with Crippen molar-refractivity contribution in [2.24, 2.45) is 5.92 Å². The number of hydrogen-bond donors (Lipinski definition) is 3. The van der Waals surface area contributed by atoms with Crippen LogP contribution in [0.5, 0.6) is 0 Å². The highest BCUT2D eigenvalue weighted by molar-refractivity contribution is 6.08. The van der Waals surface area contributed by atoms with E-state index in [-0.39, 0.29) is 23.1 Å². The van der Waals surface area contributed by atoms with Crippen LogP contribution in [0.3, 0.4) is 0 Å². The monoisotopic (exact) mass is 382 g/mol. The molecule has 3 N–H and O–H groups in total. The van der Waals surface area contributed by atoms with Crippen molar-refractivity contribution in [1.29, 1.82) is 0 Å². The van der Waals surface area contributed by atoms with Gasteiger partial charge in [0.2, 0.25) is 5.91 Å². The van der Waals surface area contributed by atoms with Crippen molar-refractivity contribution < 1.29 is 19.5 Å². The summed E-state index contributed by atoms with van der Waals surface area (Å²) >= 11 is 0. The summed E-state index contributed by atoms with van der Waals surface area (Å²) in [7, 11) is 0. The fourth-order valence-corrected chi connectivity index (χ4v) is 3.06. The molecule has 0 bridgehead atoms. The molecule has 0 fully saturated rings. The van der Waals surface area contributed by atoms with Crippen LogP contribution in [0.4, 0.5) is 11.4 Å². The molecule has 0 aliphatic rings. The zero-order valence-electron chi connectivity index (χ0n) is 16.2. The van der Waals surface area contributed by atoms with Crippen LogP contribution in [0.15, 0.2) is 48.5 Å². The Bertz CT molecular complexity index is 842. The molecule has 148 valence electrons. The molecule has 2 amide bonds. The van der Waals surface area contributed by atoms with E-state index in [9.17, 15) is 19.5 Å². The Morgan fingerprint density at radius 2 is 1.61 bits per heavy atom. The Morgan fingerprint density at radius 1 is 0.929 bits per heavy atom. The van der Waals surface area contributed by atoms with Crippen LogP contribution < -0.4 is 10.6 Å². The molecular weight excluding hydrogens is 356 g/mol. The Labute approximate surface area is 165 Å². The first-order valence-electron chi connectivity index (χ1n) is 9.50. The largest absolute Gasteiger partial charge is 0.478 e. The summed E-state index contributed by atoms with van der Waals surface area (Å²) in [6.07, 6.45) is 3.52. The summed E-state index contributed by atoms with van der Waals surface area (Å²) in [5, 5.41) is 14.7. The van der Waals surface area contributed by atoms with Gasteiger partial charge in [-0.15, -0.1) is 0 Å². The van der Waals surface area contributed by atoms with E-state index in [1.165, 1.54) is 12.1 Å². The first-order chi connectivity index (χ1) is 13.5. The van der Waals surface area contributed by atoms with Crippen molar-refractivity contribution in [3.8, 4) is 0 Å². The van der Waals surface area contributed by atoms with Gasteiger partial charge in [0.05, 0.1) is 11.3 Å². The third-order valence-electron chi connectivity index (χ3n) is 4.44. The van der Waals surface area contributed by atoms with Gasteiger partial charge in [-0.3, -0.25) is 9.59 Å². The number of amides is 2. The van der Waals surface area contributed by atoms with Gasteiger partial charge in [-0.1, -0.05) is 44.9 Å². The van der Waals surface area contributed by atoms with E-state index in [4.69, 9.17) is 0 Å². The lowest BCUT2D eigenvalue weighted by atomic mass is 9.97. The van der Waals surface area contributed by atoms with Crippen LogP contribution >= 0.6 is 0 Å². The standard InChI is InChI=1S/C22H26N2O4/c1-3-8-15(9-4-2)20(25)23-17-11-7-10-16(14-17)21(26)24-19-13-6-5-12-18(19)22(27)28/h5-7,10-15H,3-4,8-9H2,1-2H3,(H,23,25)(H,24,26)(H,27,28). The van der Waals surface area contributed by atoms with E-state index >= 15 is 0 Å². The SMILES string of the molecule is CCCC(CCC)C(=O)Nc1cccc(C(=O)Nc2ccccc2C(=O)O)c1. The van der Waals surface area contributed by atoms with Crippen LogP contribution in [0.25, 0.3) is 0 Å². The molecule has 0 spiro atoms. The molecule has 6 heteroatoms. The van der Waals surface area contributed by atoms with Gasteiger partial charge in [0.15, 0.2) is 0 Å². The first kappa shape index (κ1) is 21.2. The van der Waals surface area contributed by atoms with E-state index in [0.717, 1.165) is 25.7 Å². The minimum absolute atomic E-state index is 0.0160. The number of carboxylic acid groups (broad SMARTS) is 1. The van der Waals surface area contributed by atoms with Crippen molar-refractivity contribution in [3.63, 3.8) is 0 Å². The molecule has 6 nitrogen and oxygen atoms in total. The third kappa shape index (κ3) is 5.67. The highest BCUT2D eigenvalue weighted by atomic mass is 16.4. The van der Waals surface area contributed by atoms with Gasteiger partial charge in [0, 0.05) is 17.2 Å². The van der Waals surface area contributed by atoms with Crippen molar-refractivity contribution in [2.45, 2.75) is 39.5 Å². The van der Waals surface area contributed by atoms with Crippen LogP contribution in [0.1, 0.15) is 60.2 Å². The fourth-order valence-electron chi connectivity index (χ4n) is 3.06. The van der Waals surface area contributed by atoms with Crippen LogP contribution in [-0.2, 0) is 4.79 Å². The Balaban J connectivity index is 2.13. The van der Waals surface area contributed by atoms with Crippen molar-refractivity contribution in [1.82, 2.24) is 0 Å². The average molecular weight is 382 g/mol. The summed E-state index contributed by atoms with van der Waals surface area (Å²) in [6.45, 7) is 4.10. The third-order valence-corrected chi connectivity index (χ3v) is 4.44. The van der Waals surface area contributed by atoms with Gasteiger partial charge >= 0.3 is 5.97 Å². The maximum atomic E-state index is 12.5. The topological polar surface area (TPSA) is 95.5 Å². The van der Waals surface area contributed by atoms with Gasteiger partial charge in [-0.25, -0.2) is 4.79 Å². The molecule has 0 radical (unpaired) electrons. The Morgan fingerprint density at radius 3 is 2.25 bits per heavy atom. The number of aromatic carboxylic acids is 1. The second-order valence-corrected chi connectivity index (χ2v) is 6.65. The zero-order valence-corrected chi connectivity index (χ0v) is 16.2. The number of carboxylic acids is 1. The lowest BCUT2D eigenvalue weighted by Gasteiger charge is -2.15. The molecule has 0 heterocycles. The molecule has 0 aliphatic carbocycles. The van der Waals surface area contributed by atoms with Gasteiger partial charge in [-0.2, -0.15) is 0 Å². The van der Waals surface area contributed by atoms with E-state index in [1.807, 2.05) is 0 Å². The second-order valence-electron chi connectivity index (χ2n) is 6.65. The molecule has 0 saturated heterocycles. The van der Waals surface area contributed by atoms with Crippen molar-refractivity contribution in [3.05, 3.63) is 59.7 Å². The zero-order chi connectivity index (χ0) is 20.5. The van der Waals surface area contributed by atoms with E-state index in [1.54, 1.807) is 36.4 Å². The second kappa shape index (κ2) is 10.3. The highest BCUT2D eigenvalue weighted by Crippen LogP contribution is 2.20. The lowest BCUT2D eigenvalue weighted by Crippen LogP contribution is -2.23. The molecule has 28 heavy (non-hydrogen) atoms. The predicted molar refractivity (Wildman–Crippen MR) is 110 cm³/mol. The molecule has 0 aliphatic heterocycles. The van der Waals surface area contributed by atoms with Crippen LogP contribution in [-0.4, -0.2) is 22.9 Å². The van der Waals surface area contributed by atoms with Gasteiger partial charge in [0.25, 0.3) is 5.91 Å². The minimum atomic E-state index is -1.12. The number of carbonyl (C=O) groups excluding carboxylic acids is 2. The molecule has 2 aromatic rings. The van der Waals surface area contributed by atoms with Crippen molar-refractivity contribution in [2.75, 3.05) is 10.6 Å². The van der Waals surface area contributed by atoms with Crippen LogP contribution in [0.2, 0.25) is 0 Å². The number of benzene rings is 2. The first-order valence-corrected chi connectivity index (χ1v) is 9.50. The number of anilines is 2. The average Bonchev–Trinajstić information content (AvgIpc) is 2.68. The van der Waals surface area contributed by atoms with Crippen LogP contribution in [0, 0.1) is 5.92 Å². The summed E-state index contributed by atoms with van der Waals surface area (Å²) in [6, 6.07) is 12.8. The van der Waals surface area contributed by atoms with Gasteiger partial charge < -0.3 is 15.7 Å². The highest BCUT2D eigenvalue weighted by Gasteiger charge is 2.18. The summed E-state index contributed by atoms with van der Waals surface area (Å²) < 4.78 is 0. The predicted octanol–water partition coefficient (Wildman–Crippen LogP) is 4.79. The maximum absolute atomic E-state index is 12.5. The number of rotatable bonds is 9. The quantitative estimate of drug-likeness (QED) is 0.581. The minimum Gasteiger partial charge on any atom is -0.478 e. The number of carbonyl (C=O) groups is 3. The van der Waals surface area contributed by atoms with Gasteiger partial charge in [-0.05, 0) is 43.2 Å². The molecular formula is C22H26N2O4. The molecule has 0 aromatic heterocycles. The Hall–Kier alpha value is -3.15. The number of nitrogens with one attached hydrogen (secondary N) is 2. The molecule has 0 saturated carbocycles. The van der Waals surface area contributed by atoms with Crippen molar-refractivity contribution >= 4 is 29.2 Å². The number of para-hydroxylation sites is 1. The number of hydrogen-bond acceptors (Lipinski definition) is 3. The van der Waals surface area contributed by atoms with E-state index in [2.05, 4.69) is 24.5 Å². The van der Waals surface area contributed by atoms with Gasteiger partial charge in [0.1, 0.15) is 0 Å². The molecule has 2 rings (SSSR count). The van der Waals surface area contributed by atoms with E-state index in [0.29, 0.717) is 11.3 Å².